The normalized spacial score (nSPS) is 19.4. The molecule has 0 radical (unpaired) electrons. The lowest BCUT2D eigenvalue weighted by Gasteiger charge is -2.16. The summed E-state index contributed by atoms with van der Waals surface area (Å²) in [6.45, 7) is -1.27. The van der Waals surface area contributed by atoms with Crippen LogP contribution in [0.25, 0.3) is 22.0 Å². The van der Waals surface area contributed by atoms with Crippen LogP contribution in [-0.4, -0.2) is 50.8 Å². The van der Waals surface area contributed by atoms with Crippen LogP contribution in [0, 0.1) is 0 Å². The van der Waals surface area contributed by atoms with E-state index >= 15 is 0 Å². The minimum Gasteiger partial charge on any atom is -0.360 e. The molecule has 0 spiro atoms. The van der Waals surface area contributed by atoms with Crippen molar-refractivity contribution in [3.8, 4) is 11.1 Å². The number of rotatable bonds is 3. The zero-order valence-electron chi connectivity index (χ0n) is 15.6. The number of likely N-dealkylation sites (tertiary alicyclic amines) is 1. The zero-order valence-corrected chi connectivity index (χ0v) is 16.3. The van der Waals surface area contributed by atoms with Crippen molar-refractivity contribution in [2.24, 2.45) is 0 Å². The van der Waals surface area contributed by atoms with Gasteiger partial charge in [0.05, 0.1) is 29.6 Å². The van der Waals surface area contributed by atoms with Gasteiger partial charge in [0.2, 0.25) is 5.91 Å². The van der Waals surface area contributed by atoms with E-state index in [0.29, 0.717) is 5.52 Å². The van der Waals surface area contributed by atoms with E-state index in [1.807, 2.05) is 0 Å². The summed E-state index contributed by atoms with van der Waals surface area (Å²) in [5, 5.41) is -0.678. The molecule has 1 aliphatic rings. The molecular formula is C19H14ClF5N4O2. The van der Waals surface area contributed by atoms with Crippen LogP contribution in [0.4, 0.5) is 22.0 Å². The largest absolute Gasteiger partial charge is 0.419 e. The third-order valence-electron chi connectivity index (χ3n) is 5.10. The van der Waals surface area contributed by atoms with Gasteiger partial charge < -0.3 is 14.5 Å². The number of nitrogens with one attached hydrogen (secondary N) is 1. The molecule has 4 heterocycles. The quantitative estimate of drug-likeness (QED) is 0.480. The fourth-order valence-corrected chi connectivity index (χ4v) is 3.71. The Hall–Kier alpha value is -2.95. The second-order valence-electron chi connectivity index (χ2n) is 7.13. The van der Waals surface area contributed by atoms with Crippen molar-refractivity contribution >= 4 is 28.4 Å². The number of alkyl halides is 5. The Bertz CT molecular complexity index is 1210. The Morgan fingerprint density at radius 2 is 1.94 bits per heavy atom. The molecule has 4 rings (SSSR count). The van der Waals surface area contributed by atoms with Gasteiger partial charge in [-0.15, -0.1) is 0 Å². The lowest BCUT2D eigenvalue weighted by molar-refractivity contribution is -0.137. The standard InChI is InChI=1S/C19H14ClF5N4O2/c20-17-11(19(23,24)25)3-9(4-27-17)10-5-26-14-1-2-28(18(31)16(10)14)8-15(30)29-6-12(21)13(22)7-29/h1-5,12-13,26H,6-8H2. The highest BCUT2D eigenvalue weighted by Gasteiger charge is 2.36. The Labute approximate surface area is 176 Å². The van der Waals surface area contributed by atoms with Crippen LogP contribution in [0.3, 0.4) is 0 Å². The van der Waals surface area contributed by atoms with Crippen LogP contribution >= 0.6 is 11.6 Å². The van der Waals surface area contributed by atoms with Gasteiger partial charge in [0.25, 0.3) is 5.56 Å². The number of nitrogens with zero attached hydrogens (tertiary/aromatic N) is 3. The smallest absolute Gasteiger partial charge is 0.360 e. The van der Waals surface area contributed by atoms with E-state index in [2.05, 4.69) is 9.97 Å². The molecule has 1 aliphatic heterocycles. The van der Waals surface area contributed by atoms with E-state index in [9.17, 15) is 31.5 Å². The molecule has 2 atom stereocenters. The van der Waals surface area contributed by atoms with Crippen LogP contribution in [0.1, 0.15) is 5.56 Å². The summed E-state index contributed by atoms with van der Waals surface area (Å²) in [7, 11) is 0. The number of hydrogen-bond acceptors (Lipinski definition) is 3. The van der Waals surface area contributed by atoms with Gasteiger partial charge in [-0.25, -0.2) is 13.8 Å². The molecule has 0 aliphatic carbocycles. The molecule has 31 heavy (non-hydrogen) atoms. The summed E-state index contributed by atoms with van der Waals surface area (Å²) in [4.78, 5) is 32.7. The van der Waals surface area contributed by atoms with E-state index in [-0.39, 0.29) is 16.5 Å². The van der Waals surface area contributed by atoms with Crippen molar-refractivity contribution in [2.45, 2.75) is 25.1 Å². The van der Waals surface area contributed by atoms with Crippen molar-refractivity contribution in [2.75, 3.05) is 13.1 Å². The molecule has 0 bridgehead atoms. The number of carbonyl (C=O) groups is 1. The molecule has 3 aromatic rings. The van der Waals surface area contributed by atoms with E-state index in [1.165, 1.54) is 18.5 Å². The molecule has 1 N–H and O–H groups in total. The zero-order chi connectivity index (χ0) is 22.5. The fraction of sp³-hybridized carbons (Fsp3) is 0.316. The molecule has 12 heteroatoms. The van der Waals surface area contributed by atoms with Crippen molar-refractivity contribution in [3.05, 3.63) is 51.8 Å². The SMILES string of the molecule is O=C(Cn1ccc2[nH]cc(-c3cnc(Cl)c(C(F)(F)F)c3)c2c1=O)N1CC(F)C(F)C1. The molecular weight excluding hydrogens is 447 g/mol. The number of hydrogen-bond donors (Lipinski definition) is 1. The number of aromatic amines is 1. The van der Waals surface area contributed by atoms with E-state index in [4.69, 9.17) is 11.6 Å². The Morgan fingerprint density at radius 3 is 2.58 bits per heavy atom. The number of carbonyl (C=O) groups excluding carboxylic acids is 1. The highest BCUT2D eigenvalue weighted by atomic mass is 35.5. The molecule has 0 aromatic carbocycles. The van der Waals surface area contributed by atoms with Crippen molar-refractivity contribution in [1.82, 2.24) is 19.4 Å². The molecule has 1 fully saturated rings. The minimum absolute atomic E-state index is 0.00392. The molecule has 164 valence electrons. The minimum atomic E-state index is -4.74. The number of H-pyrrole nitrogens is 1. The molecule has 1 amide bonds. The van der Waals surface area contributed by atoms with Crippen LogP contribution in [0.5, 0.6) is 0 Å². The van der Waals surface area contributed by atoms with E-state index < -0.39 is 60.3 Å². The van der Waals surface area contributed by atoms with Gasteiger partial charge in [0, 0.05) is 29.7 Å². The van der Waals surface area contributed by atoms with E-state index in [1.54, 1.807) is 0 Å². The molecule has 6 nitrogen and oxygen atoms in total. The van der Waals surface area contributed by atoms with Crippen LogP contribution in [-0.2, 0) is 17.5 Å². The first-order valence-corrected chi connectivity index (χ1v) is 9.43. The second-order valence-corrected chi connectivity index (χ2v) is 7.49. The topological polar surface area (TPSA) is 71.0 Å². The number of amides is 1. The van der Waals surface area contributed by atoms with E-state index in [0.717, 1.165) is 21.7 Å². The van der Waals surface area contributed by atoms with Gasteiger partial charge in [-0.1, -0.05) is 11.6 Å². The predicted molar refractivity (Wildman–Crippen MR) is 102 cm³/mol. The molecule has 2 unspecified atom stereocenters. The Morgan fingerprint density at radius 1 is 1.26 bits per heavy atom. The number of fused-ring (bicyclic) bond motifs is 1. The Kier molecular flexibility index (Phi) is 5.24. The molecule has 0 saturated carbocycles. The van der Waals surface area contributed by atoms with Crippen LogP contribution in [0.15, 0.2) is 35.5 Å². The number of pyridine rings is 2. The van der Waals surface area contributed by atoms with Crippen LogP contribution < -0.4 is 5.56 Å². The third-order valence-corrected chi connectivity index (χ3v) is 5.40. The first-order valence-electron chi connectivity index (χ1n) is 9.06. The third kappa shape index (κ3) is 3.89. The summed E-state index contributed by atoms with van der Waals surface area (Å²) in [5.41, 5.74) is -1.32. The summed E-state index contributed by atoms with van der Waals surface area (Å²) < 4.78 is 67.3. The number of halogens is 6. The average molecular weight is 461 g/mol. The van der Waals surface area contributed by atoms with Gasteiger partial charge in [-0.05, 0) is 12.1 Å². The predicted octanol–water partition coefficient (Wildman–Crippen LogP) is 3.58. The Balaban J connectivity index is 1.72. The second kappa shape index (κ2) is 7.63. The lowest BCUT2D eigenvalue weighted by Crippen LogP contribution is -2.35. The highest BCUT2D eigenvalue weighted by molar-refractivity contribution is 6.30. The summed E-state index contributed by atoms with van der Waals surface area (Å²) in [6, 6.07) is 2.26. The van der Waals surface area contributed by atoms with Gasteiger partial charge in [0.1, 0.15) is 11.7 Å². The lowest BCUT2D eigenvalue weighted by atomic mass is 10.1. The van der Waals surface area contributed by atoms with Gasteiger partial charge >= 0.3 is 6.18 Å². The van der Waals surface area contributed by atoms with Crippen molar-refractivity contribution in [1.29, 1.82) is 0 Å². The van der Waals surface area contributed by atoms with Crippen LogP contribution in [0.2, 0.25) is 5.15 Å². The summed E-state index contributed by atoms with van der Waals surface area (Å²) in [5.74, 6) is -0.645. The maximum absolute atomic E-state index is 13.4. The van der Waals surface area contributed by atoms with Crippen molar-refractivity contribution in [3.63, 3.8) is 0 Å². The highest BCUT2D eigenvalue weighted by Crippen LogP contribution is 2.37. The van der Waals surface area contributed by atoms with Gasteiger partial charge in [-0.3, -0.25) is 9.59 Å². The van der Waals surface area contributed by atoms with Crippen molar-refractivity contribution < 1.29 is 26.7 Å². The summed E-state index contributed by atoms with van der Waals surface area (Å²) in [6.07, 6.45) is -4.52. The first-order chi connectivity index (χ1) is 14.6. The van der Waals surface area contributed by atoms with Gasteiger partial charge in [0.15, 0.2) is 12.3 Å². The number of aromatic nitrogens is 3. The molecule has 1 saturated heterocycles. The average Bonchev–Trinajstić information content (AvgIpc) is 3.27. The fourth-order valence-electron chi connectivity index (χ4n) is 3.50. The molecule has 3 aromatic heterocycles. The maximum Gasteiger partial charge on any atom is 0.419 e. The first kappa shape index (κ1) is 21.3. The van der Waals surface area contributed by atoms with Gasteiger partial charge in [-0.2, -0.15) is 13.2 Å². The summed E-state index contributed by atoms with van der Waals surface area (Å²) >= 11 is 5.56. The maximum atomic E-state index is 13.4. The monoisotopic (exact) mass is 460 g/mol.